The molecule has 0 aliphatic carbocycles. The first-order valence-electron chi connectivity index (χ1n) is 7.55. The van der Waals surface area contributed by atoms with Crippen molar-refractivity contribution in [3.8, 4) is 6.01 Å². The van der Waals surface area contributed by atoms with Gasteiger partial charge < -0.3 is 20.3 Å². The molecule has 2 amide bonds. The van der Waals surface area contributed by atoms with Crippen molar-refractivity contribution in [3.63, 3.8) is 0 Å². The van der Waals surface area contributed by atoms with Gasteiger partial charge in [0.1, 0.15) is 5.69 Å². The van der Waals surface area contributed by atoms with E-state index in [1.54, 1.807) is 6.20 Å². The molecule has 2 aromatic rings. The van der Waals surface area contributed by atoms with Crippen LogP contribution >= 0.6 is 0 Å². The average molecular weight is 313 g/mol. The van der Waals surface area contributed by atoms with Crippen LogP contribution < -0.4 is 20.3 Å². The zero-order chi connectivity index (χ0) is 16.1. The molecule has 0 unspecified atom stereocenters. The maximum Gasteiger partial charge on any atom is 0.323 e. The van der Waals surface area contributed by atoms with Crippen LogP contribution in [-0.2, 0) is 0 Å². The molecule has 7 nitrogen and oxygen atoms in total. The zero-order valence-corrected chi connectivity index (χ0v) is 13.0. The van der Waals surface area contributed by atoms with E-state index in [4.69, 9.17) is 4.74 Å². The lowest BCUT2D eigenvalue weighted by Gasteiger charge is -2.20. The molecule has 1 aromatic carbocycles. The minimum absolute atomic E-state index is 0.293. The van der Waals surface area contributed by atoms with Crippen LogP contribution in [0, 0.1) is 0 Å². The maximum atomic E-state index is 12.2. The number of ether oxygens (including phenoxy) is 1. The van der Waals surface area contributed by atoms with Crippen molar-refractivity contribution < 1.29 is 9.53 Å². The second-order valence-electron chi connectivity index (χ2n) is 5.23. The highest BCUT2D eigenvalue weighted by atomic mass is 16.5. The van der Waals surface area contributed by atoms with Gasteiger partial charge in [0.15, 0.2) is 5.82 Å². The van der Waals surface area contributed by atoms with Gasteiger partial charge in [-0.3, -0.25) is 0 Å². The summed E-state index contributed by atoms with van der Waals surface area (Å²) < 4.78 is 5.09. The molecule has 1 saturated heterocycles. The number of amides is 2. The number of nitrogens with zero attached hydrogens (tertiary/aromatic N) is 3. The number of rotatable bonds is 4. The van der Waals surface area contributed by atoms with Gasteiger partial charge in [-0.05, 0) is 25.0 Å². The fraction of sp³-hybridized carbons (Fsp3) is 0.312. The zero-order valence-electron chi connectivity index (χ0n) is 13.0. The molecule has 2 heterocycles. The first kappa shape index (κ1) is 15.1. The number of aromatic nitrogens is 2. The molecule has 1 fully saturated rings. The monoisotopic (exact) mass is 313 g/mol. The molecule has 1 aliphatic rings. The third kappa shape index (κ3) is 3.68. The molecule has 120 valence electrons. The summed E-state index contributed by atoms with van der Waals surface area (Å²) in [5.41, 5.74) is 1.29. The van der Waals surface area contributed by atoms with Gasteiger partial charge in [0.25, 0.3) is 0 Å². The number of urea groups is 1. The summed E-state index contributed by atoms with van der Waals surface area (Å²) in [6.07, 6.45) is 3.80. The van der Waals surface area contributed by atoms with Gasteiger partial charge in [-0.15, -0.1) is 0 Å². The molecule has 0 bridgehead atoms. The summed E-state index contributed by atoms with van der Waals surface area (Å²) in [5, 5.41) is 5.60. The number of nitrogens with one attached hydrogen (secondary N) is 2. The second-order valence-corrected chi connectivity index (χ2v) is 5.23. The minimum atomic E-state index is -0.328. The van der Waals surface area contributed by atoms with Crippen molar-refractivity contribution in [3.05, 3.63) is 36.5 Å². The normalized spacial score (nSPS) is 13.7. The van der Waals surface area contributed by atoms with Crippen molar-refractivity contribution in [2.75, 3.05) is 35.7 Å². The average Bonchev–Trinajstić information content (AvgIpc) is 3.10. The Labute approximate surface area is 134 Å². The quantitative estimate of drug-likeness (QED) is 0.907. The van der Waals surface area contributed by atoms with Crippen LogP contribution in [0.15, 0.2) is 36.5 Å². The molecule has 0 atom stereocenters. The summed E-state index contributed by atoms with van der Waals surface area (Å²) in [6, 6.07) is 9.23. The van der Waals surface area contributed by atoms with E-state index in [2.05, 4.69) is 25.5 Å². The Balaban J connectivity index is 1.77. The van der Waals surface area contributed by atoms with E-state index in [0.29, 0.717) is 17.5 Å². The lowest BCUT2D eigenvalue weighted by molar-refractivity contribution is 0.262. The summed E-state index contributed by atoms with van der Waals surface area (Å²) in [7, 11) is 1.53. The largest absolute Gasteiger partial charge is 0.467 e. The van der Waals surface area contributed by atoms with Crippen molar-refractivity contribution in [2.45, 2.75) is 12.8 Å². The van der Waals surface area contributed by atoms with Crippen LogP contribution in [0.25, 0.3) is 0 Å². The van der Waals surface area contributed by atoms with Crippen LogP contribution in [0.4, 0.5) is 22.0 Å². The lowest BCUT2D eigenvalue weighted by Crippen LogP contribution is -2.25. The van der Waals surface area contributed by atoms with E-state index in [0.717, 1.165) is 31.6 Å². The molecule has 7 heteroatoms. The number of methoxy groups -OCH3 is 1. The highest BCUT2D eigenvalue weighted by molar-refractivity contribution is 6.01. The van der Waals surface area contributed by atoms with Gasteiger partial charge in [-0.1, -0.05) is 18.2 Å². The van der Waals surface area contributed by atoms with Crippen LogP contribution in [-0.4, -0.2) is 36.2 Å². The van der Waals surface area contributed by atoms with Crippen molar-refractivity contribution in [2.24, 2.45) is 0 Å². The number of hydrogen-bond acceptors (Lipinski definition) is 5. The molecule has 2 N–H and O–H groups in total. The van der Waals surface area contributed by atoms with E-state index in [1.165, 1.54) is 7.11 Å². The summed E-state index contributed by atoms with van der Waals surface area (Å²) in [6.45, 7) is 1.82. The van der Waals surface area contributed by atoms with Crippen LogP contribution in [0.2, 0.25) is 0 Å². The Hall–Kier alpha value is -2.83. The van der Waals surface area contributed by atoms with Gasteiger partial charge >= 0.3 is 12.0 Å². The number of carbonyl (C=O) groups is 1. The highest BCUT2D eigenvalue weighted by Crippen LogP contribution is 2.27. The number of para-hydroxylation sites is 1. The Kier molecular flexibility index (Phi) is 4.56. The standard InChI is InChI=1S/C16H19N5O2/c1-23-16-17-11-13(14(20-16)21-9-5-6-10-21)19-15(22)18-12-7-3-2-4-8-12/h2-4,7-8,11H,5-6,9-10H2,1H3,(H2,18,19,22). The van der Waals surface area contributed by atoms with Gasteiger partial charge in [-0.2, -0.15) is 4.98 Å². The Morgan fingerprint density at radius 1 is 1.17 bits per heavy atom. The van der Waals surface area contributed by atoms with E-state index in [9.17, 15) is 4.79 Å². The number of benzene rings is 1. The SMILES string of the molecule is COc1ncc(NC(=O)Nc2ccccc2)c(N2CCCC2)n1. The third-order valence-corrected chi connectivity index (χ3v) is 3.61. The predicted molar refractivity (Wildman–Crippen MR) is 89.1 cm³/mol. The Morgan fingerprint density at radius 2 is 1.91 bits per heavy atom. The molecule has 1 aromatic heterocycles. The molecule has 0 saturated carbocycles. The smallest absolute Gasteiger partial charge is 0.323 e. The molecule has 0 spiro atoms. The van der Waals surface area contributed by atoms with Crippen molar-refractivity contribution in [1.29, 1.82) is 0 Å². The summed E-state index contributed by atoms with van der Waals surface area (Å²) in [4.78, 5) is 22.8. The highest BCUT2D eigenvalue weighted by Gasteiger charge is 2.20. The molecule has 0 radical (unpaired) electrons. The summed E-state index contributed by atoms with van der Waals surface area (Å²) in [5.74, 6) is 0.692. The van der Waals surface area contributed by atoms with Gasteiger partial charge in [0.2, 0.25) is 0 Å². The topological polar surface area (TPSA) is 79.4 Å². The van der Waals surface area contributed by atoms with Gasteiger partial charge in [0, 0.05) is 18.8 Å². The minimum Gasteiger partial charge on any atom is -0.467 e. The molecular weight excluding hydrogens is 294 g/mol. The summed E-state index contributed by atoms with van der Waals surface area (Å²) >= 11 is 0. The molecule has 23 heavy (non-hydrogen) atoms. The number of carbonyl (C=O) groups excluding carboxylic acids is 1. The lowest BCUT2D eigenvalue weighted by atomic mass is 10.3. The van der Waals surface area contributed by atoms with Crippen molar-refractivity contribution in [1.82, 2.24) is 9.97 Å². The number of hydrogen-bond donors (Lipinski definition) is 2. The van der Waals surface area contributed by atoms with Gasteiger partial charge in [-0.25, -0.2) is 9.78 Å². The first-order valence-corrected chi connectivity index (χ1v) is 7.55. The molecular formula is C16H19N5O2. The van der Waals surface area contributed by atoms with Crippen LogP contribution in [0.3, 0.4) is 0 Å². The fourth-order valence-corrected chi connectivity index (χ4v) is 2.52. The Morgan fingerprint density at radius 3 is 2.61 bits per heavy atom. The maximum absolute atomic E-state index is 12.2. The van der Waals surface area contributed by atoms with E-state index < -0.39 is 0 Å². The van der Waals surface area contributed by atoms with E-state index in [-0.39, 0.29) is 6.03 Å². The fourth-order valence-electron chi connectivity index (χ4n) is 2.52. The predicted octanol–water partition coefficient (Wildman–Crippen LogP) is 2.73. The number of anilines is 3. The van der Waals surface area contributed by atoms with E-state index in [1.807, 2.05) is 30.3 Å². The second kappa shape index (κ2) is 6.95. The molecule has 1 aliphatic heterocycles. The van der Waals surface area contributed by atoms with Crippen LogP contribution in [0.1, 0.15) is 12.8 Å². The third-order valence-electron chi connectivity index (χ3n) is 3.61. The van der Waals surface area contributed by atoms with Crippen LogP contribution in [0.5, 0.6) is 6.01 Å². The van der Waals surface area contributed by atoms with Gasteiger partial charge in [0.05, 0.1) is 13.3 Å². The van der Waals surface area contributed by atoms with Crippen molar-refractivity contribution >= 4 is 23.2 Å². The Bertz CT molecular complexity index is 671. The van der Waals surface area contributed by atoms with E-state index >= 15 is 0 Å². The molecule has 3 rings (SSSR count). The first-order chi connectivity index (χ1) is 11.3.